The lowest BCUT2D eigenvalue weighted by Crippen LogP contribution is -2.36. The van der Waals surface area contributed by atoms with Crippen LogP contribution in [0.4, 0.5) is 4.39 Å². The average molecular weight is 348 g/mol. The highest BCUT2D eigenvalue weighted by Gasteiger charge is 2.47. The molecular formula is C15H22FO6P. The minimum Gasteiger partial charge on any atom is -0.384 e. The normalized spacial score (nSPS) is 30.5. The second-order valence-corrected chi connectivity index (χ2v) is 7.49. The van der Waals surface area contributed by atoms with Gasteiger partial charge in [-0.2, -0.15) is 0 Å². The maximum atomic E-state index is 14.8. The molecule has 0 aliphatic carbocycles. The van der Waals surface area contributed by atoms with Crippen LogP contribution in [0.25, 0.3) is 0 Å². The van der Waals surface area contributed by atoms with Gasteiger partial charge in [-0.15, -0.1) is 0 Å². The molecule has 23 heavy (non-hydrogen) atoms. The van der Waals surface area contributed by atoms with E-state index in [2.05, 4.69) is 0 Å². The molecule has 130 valence electrons. The van der Waals surface area contributed by atoms with Gasteiger partial charge in [-0.3, -0.25) is 4.57 Å². The number of ether oxygens (including phenoxy) is 2. The molecule has 8 heteroatoms. The Hall–Kier alpha value is -0.820. The van der Waals surface area contributed by atoms with Crippen LogP contribution < -0.4 is 0 Å². The first-order valence-electron chi connectivity index (χ1n) is 7.41. The van der Waals surface area contributed by atoms with E-state index in [1.165, 1.54) is 0 Å². The summed E-state index contributed by atoms with van der Waals surface area (Å²) in [6, 6.07) is 8.87. The highest BCUT2D eigenvalue weighted by atomic mass is 31.2. The summed E-state index contributed by atoms with van der Waals surface area (Å²) in [5.41, 5.74) is 0.661. The Morgan fingerprint density at radius 1 is 1.35 bits per heavy atom. The zero-order chi connectivity index (χ0) is 17.0. The monoisotopic (exact) mass is 348 g/mol. The first-order valence-corrected chi connectivity index (χ1v) is 9.17. The maximum absolute atomic E-state index is 14.8. The van der Waals surface area contributed by atoms with Crippen LogP contribution in [0, 0.1) is 0 Å². The quantitative estimate of drug-likeness (QED) is 0.736. The van der Waals surface area contributed by atoms with Gasteiger partial charge in [0.1, 0.15) is 24.7 Å². The smallest absolute Gasteiger partial charge is 0.353 e. The first kappa shape index (κ1) is 18.5. The van der Waals surface area contributed by atoms with Crippen LogP contribution >= 0.6 is 7.60 Å². The summed E-state index contributed by atoms with van der Waals surface area (Å²) in [4.78, 5) is 9.29. The molecule has 0 saturated carbocycles. The van der Waals surface area contributed by atoms with Gasteiger partial charge in [-0.25, -0.2) is 4.39 Å². The summed E-state index contributed by atoms with van der Waals surface area (Å²) in [6.07, 6.45) is -5.26. The molecule has 1 fully saturated rings. The second kappa shape index (κ2) is 7.83. The van der Waals surface area contributed by atoms with Crippen molar-refractivity contribution in [3.63, 3.8) is 0 Å². The molecule has 0 spiro atoms. The Morgan fingerprint density at radius 2 is 2.00 bits per heavy atom. The predicted octanol–water partition coefficient (Wildman–Crippen LogP) is 2.41. The Balaban J connectivity index is 2.13. The summed E-state index contributed by atoms with van der Waals surface area (Å²) in [7, 11) is -4.10. The SMILES string of the molecule is CC(C)O[C@H]1[C@@H](F)[C@H](c2ccccc2)O[C@@H]1COP(=O)(O)CO. The van der Waals surface area contributed by atoms with Gasteiger partial charge in [0.2, 0.25) is 0 Å². The fraction of sp³-hybridized carbons (Fsp3) is 0.600. The Kier molecular flexibility index (Phi) is 6.31. The molecule has 1 unspecified atom stereocenters. The van der Waals surface area contributed by atoms with E-state index >= 15 is 0 Å². The van der Waals surface area contributed by atoms with Crippen LogP contribution in [-0.4, -0.2) is 47.4 Å². The number of benzene rings is 1. The summed E-state index contributed by atoms with van der Waals surface area (Å²) >= 11 is 0. The molecule has 5 atom stereocenters. The van der Waals surface area contributed by atoms with E-state index in [1.54, 1.807) is 38.1 Å². The topological polar surface area (TPSA) is 85.2 Å². The standard InChI is InChI=1S/C15H22FO6P/c1-10(2)21-15-12(8-20-23(18,19)9-17)22-14(13(15)16)11-6-4-3-5-7-11/h3-7,10,12-15,17H,8-9H2,1-2H3,(H,18,19)/t12-,13+,14+,15-/m1/s1. The highest BCUT2D eigenvalue weighted by molar-refractivity contribution is 7.52. The molecule has 0 radical (unpaired) electrons. The van der Waals surface area contributed by atoms with Crippen molar-refractivity contribution in [2.45, 2.75) is 44.4 Å². The third kappa shape index (κ3) is 4.83. The van der Waals surface area contributed by atoms with Gasteiger partial charge in [0.15, 0.2) is 6.17 Å². The fourth-order valence-corrected chi connectivity index (χ4v) is 2.93. The molecule has 1 aliphatic heterocycles. The average Bonchev–Trinajstić information content (AvgIpc) is 2.82. The molecule has 1 heterocycles. The zero-order valence-corrected chi connectivity index (χ0v) is 13.9. The molecule has 0 bridgehead atoms. The molecule has 0 amide bonds. The summed E-state index contributed by atoms with van der Waals surface area (Å²) in [6.45, 7) is 3.20. The van der Waals surface area contributed by atoms with Gasteiger partial charge in [0.25, 0.3) is 0 Å². The first-order chi connectivity index (χ1) is 10.8. The molecule has 0 aromatic heterocycles. The number of hydrogen-bond donors (Lipinski definition) is 2. The lowest BCUT2D eigenvalue weighted by Gasteiger charge is -2.22. The van der Waals surface area contributed by atoms with Gasteiger partial charge in [0, 0.05) is 0 Å². The summed E-state index contributed by atoms with van der Waals surface area (Å²) in [5, 5.41) is 8.78. The van der Waals surface area contributed by atoms with E-state index in [0.717, 1.165) is 0 Å². The van der Waals surface area contributed by atoms with Crippen molar-refractivity contribution in [3.8, 4) is 0 Å². The Morgan fingerprint density at radius 3 is 2.57 bits per heavy atom. The van der Waals surface area contributed by atoms with Crippen molar-refractivity contribution < 1.29 is 33.0 Å². The number of hydrogen-bond acceptors (Lipinski definition) is 5. The van der Waals surface area contributed by atoms with Crippen molar-refractivity contribution in [1.29, 1.82) is 0 Å². The second-order valence-electron chi connectivity index (χ2n) is 5.67. The van der Waals surface area contributed by atoms with Gasteiger partial charge >= 0.3 is 7.60 Å². The van der Waals surface area contributed by atoms with Gasteiger partial charge in [-0.05, 0) is 19.4 Å². The van der Waals surface area contributed by atoms with Crippen molar-refractivity contribution in [1.82, 2.24) is 0 Å². The minimum absolute atomic E-state index is 0.238. The molecular weight excluding hydrogens is 326 g/mol. The van der Waals surface area contributed by atoms with E-state index in [4.69, 9.17) is 19.1 Å². The number of aliphatic hydroxyl groups excluding tert-OH is 1. The lowest BCUT2D eigenvalue weighted by atomic mass is 10.0. The molecule has 1 saturated heterocycles. The van der Waals surface area contributed by atoms with E-state index in [-0.39, 0.29) is 12.7 Å². The number of halogens is 1. The van der Waals surface area contributed by atoms with Crippen LogP contribution in [0.15, 0.2) is 30.3 Å². The van der Waals surface area contributed by atoms with Crippen LogP contribution in [0.5, 0.6) is 0 Å². The van der Waals surface area contributed by atoms with E-state index < -0.39 is 38.4 Å². The van der Waals surface area contributed by atoms with E-state index in [0.29, 0.717) is 5.56 Å². The zero-order valence-electron chi connectivity index (χ0n) is 13.0. The molecule has 1 aromatic rings. The van der Waals surface area contributed by atoms with Crippen molar-refractivity contribution in [2.24, 2.45) is 0 Å². The van der Waals surface area contributed by atoms with Crippen molar-refractivity contribution >= 4 is 7.60 Å². The third-order valence-electron chi connectivity index (χ3n) is 3.47. The number of alkyl halides is 1. The van der Waals surface area contributed by atoms with Crippen LogP contribution in [-0.2, 0) is 18.6 Å². The third-order valence-corrected chi connectivity index (χ3v) is 4.38. The maximum Gasteiger partial charge on any atom is 0.353 e. The van der Waals surface area contributed by atoms with Crippen molar-refractivity contribution in [2.75, 3.05) is 13.0 Å². The largest absolute Gasteiger partial charge is 0.384 e. The van der Waals surface area contributed by atoms with Gasteiger partial charge in [0.05, 0.1) is 12.7 Å². The Bertz CT molecular complexity index is 540. The lowest BCUT2D eigenvalue weighted by molar-refractivity contribution is -0.0680. The number of aliphatic hydroxyl groups is 1. The van der Waals surface area contributed by atoms with Gasteiger partial charge in [-0.1, -0.05) is 30.3 Å². The Labute approximate surface area is 134 Å². The van der Waals surface area contributed by atoms with Crippen LogP contribution in [0.2, 0.25) is 0 Å². The van der Waals surface area contributed by atoms with E-state index in [9.17, 15) is 13.8 Å². The minimum atomic E-state index is -4.10. The molecule has 1 aromatic carbocycles. The molecule has 1 aliphatic rings. The van der Waals surface area contributed by atoms with Crippen LogP contribution in [0.1, 0.15) is 25.5 Å². The summed E-state index contributed by atoms with van der Waals surface area (Å²) in [5.74, 6) is 0. The molecule has 6 nitrogen and oxygen atoms in total. The van der Waals surface area contributed by atoms with E-state index in [1.807, 2.05) is 6.07 Å². The molecule has 2 N–H and O–H groups in total. The number of rotatable bonds is 7. The molecule has 2 rings (SSSR count). The van der Waals surface area contributed by atoms with Crippen LogP contribution in [0.3, 0.4) is 0 Å². The van der Waals surface area contributed by atoms with Crippen molar-refractivity contribution in [3.05, 3.63) is 35.9 Å². The highest BCUT2D eigenvalue weighted by Crippen LogP contribution is 2.43. The summed E-state index contributed by atoms with van der Waals surface area (Å²) < 4.78 is 42.2. The van der Waals surface area contributed by atoms with Gasteiger partial charge < -0.3 is 24.0 Å². The fourth-order valence-electron chi connectivity index (χ4n) is 2.47. The predicted molar refractivity (Wildman–Crippen MR) is 81.8 cm³/mol.